The van der Waals surface area contributed by atoms with Gasteiger partial charge in [0.15, 0.2) is 0 Å². The predicted octanol–water partition coefficient (Wildman–Crippen LogP) is 3.85. The van der Waals surface area contributed by atoms with Gasteiger partial charge in [-0.1, -0.05) is 48.0 Å². The van der Waals surface area contributed by atoms with Crippen molar-refractivity contribution in [1.29, 1.82) is 0 Å². The average molecular weight is 234 g/mol. The van der Waals surface area contributed by atoms with Crippen molar-refractivity contribution >= 4 is 0 Å². The van der Waals surface area contributed by atoms with Crippen LogP contribution in [-0.2, 0) is 0 Å². The topological polar surface area (TPSA) is 17.8 Å². The van der Waals surface area contributed by atoms with Gasteiger partial charge in [-0.05, 0) is 24.6 Å². The minimum absolute atomic E-state index is 1.08. The zero-order valence-corrected chi connectivity index (χ0v) is 10.2. The molecule has 3 rings (SSSR count). The first-order valence-electron chi connectivity index (χ1n) is 6.00. The zero-order valence-electron chi connectivity index (χ0n) is 10.2. The van der Waals surface area contributed by atoms with E-state index in [-0.39, 0.29) is 0 Å². The van der Waals surface area contributed by atoms with Crippen LogP contribution in [0.15, 0.2) is 67.0 Å². The molecule has 3 aromatic rings. The smallest absolute Gasteiger partial charge is 0.0645 e. The van der Waals surface area contributed by atoms with Crippen LogP contribution in [0.4, 0.5) is 0 Å². The van der Waals surface area contributed by atoms with Crippen molar-refractivity contribution in [2.75, 3.05) is 0 Å². The number of aromatic nitrogens is 2. The lowest BCUT2D eigenvalue weighted by Gasteiger charge is -2.00. The minimum atomic E-state index is 1.08. The predicted molar refractivity (Wildman–Crippen MR) is 73.7 cm³/mol. The normalized spacial score (nSPS) is 10.5. The first-order chi connectivity index (χ1) is 8.83. The van der Waals surface area contributed by atoms with E-state index in [0.717, 1.165) is 11.3 Å². The van der Waals surface area contributed by atoms with Crippen molar-refractivity contribution in [1.82, 2.24) is 9.78 Å². The Labute approximate surface area is 107 Å². The second kappa shape index (κ2) is 4.49. The van der Waals surface area contributed by atoms with Crippen LogP contribution in [0, 0.1) is 6.92 Å². The van der Waals surface area contributed by atoms with E-state index >= 15 is 0 Å². The Hall–Kier alpha value is -2.35. The summed E-state index contributed by atoms with van der Waals surface area (Å²) in [6.07, 6.45) is 3.96. The molecule has 0 N–H and O–H groups in total. The maximum Gasteiger partial charge on any atom is 0.0645 e. The number of hydrogen-bond acceptors (Lipinski definition) is 1. The highest BCUT2D eigenvalue weighted by atomic mass is 15.3. The van der Waals surface area contributed by atoms with Crippen molar-refractivity contribution in [3.05, 3.63) is 72.6 Å². The van der Waals surface area contributed by atoms with Crippen LogP contribution >= 0.6 is 0 Å². The average Bonchev–Trinajstić information content (AvgIpc) is 2.89. The number of nitrogens with zero attached hydrogens (tertiary/aromatic N) is 2. The van der Waals surface area contributed by atoms with Crippen LogP contribution in [0.25, 0.3) is 16.8 Å². The van der Waals surface area contributed by atoms with E-state index in [1.807, 2.05) is 41.2 Å². The maximum absolute atomic E-state index is 4.41. The first kappa shape index (κ1) is 10.8. The van der Waals surface area contributed by atoms with E-state index in [1.165, 1.54) is 11.1 Å². The quantitative estimate of drug-likeness (QED) is 0.658. The van der Waals surface area contributed by atoms with Crippen LogP contribution in [0.1, 0.15) is 5.56 Å². The van der Waals surface area contributed by atoms with Crippen molar-refractivity contribution in [3.8, 4) is 16.8 Å². The zero-order chi connectivity index (χ0) is 12.4. The Morgan fingerprint density at radius 3 is 2.50 bits per heavy atom. The summed E-state index contributed by atoms with van der Waals surface area (Å²) >= 11 is 0. The number of para-hydroxylation sites is 1. The number of benzene rings is 2. The Kier molecular flexibility index (Phi) is 2.69. The summed E-state index contributed by atoms with van der Waals surface area (Å²) in [6.45, 7) is 2.10. The molecule has 1 heterocycles. The van der Waals surface area contributed by atoms with Gasteiger partial charge in [0, 0.05) is 11.8 Å². The number of aryl methyl sites for hydroxylation is 1. The second-order valence-electron chi connectivity index (χ2n) is 4.38. The van der Waals surface area contributed by atoms with Gasteiger partial charge in [-0.3, -0.25) is 0 Å². The molecule has 0 amide bonds. The Bertz CT molecular complexity index is 654. The largest absolute Gasteiger partial charge is 0.240 e. The SMILES string of the molecule is Cc1cccc(-c2cnn(-c3ccccc3)c2)c1. The van der Waals surface area contributed by atoms with E-state index in [2.05, 4.69) is 42.5 Å². The molecule has 2 aromatic carbocycles. The lowest BCUT2D eigenvalue weighted by atomic mass is 10.1. The summed E-state index contributed by atoms with van der Waals surface area (Å²) in [6, 6.07) is 18.6. The summed E-state index contributed by atoms with van der Waals surface area (Å²) in [5.41, 5.74) is 4.69. The highest BCUT2D eigenvalue weighted by Gasteiger charge is 2.02. The molecule has 0 fully saturated rings. The Morgan fingerprint density at radius 2 is 1.72 bits per heavy atom. The van der Waals surface area contributed by atoms with Gasteiger partial charge in [0.05, 0.1) is 11.9 Å². The molecule has 2 nitrogen and oxygen atoms in total. The summed E-state index contributed by atoms with van der Waals surface area (Å²) in [7, 11) is 0. The van der Waals surface area contributed by atoms with Gasteiger partial charge in [-0.2, -0.15) is 5.10 Å². The van der Waals surface area contributed by atoms with E-state index in [9.17, 15) is 0 Å². The molecule has 2 heteroatoms. The molecule has 0 spiro atoms. The van der Waals surface area contributed by atoms with Gasteiger partial charge in [-0.25, -0.2) is 4.68 Å². The van der Waals surface area contributed by atoms with Crippen LogP contribution in [0.2, 0.25) is 0 Å². The summed E-state index contributed by atoms with van der Waals surface area (Å²) in [5, 5.41) is 4.41. The van der Waals surface area contributed by atoms with Crippen LogP contribution in [0.5, 0.6) is 0 Å². The van der Waals surface area contributed by atoms with Crippen molar-refractivity contribution < 1.29 is 0 Å². The van der Waals surface area contributed by atoms with Gasteiger partial charge in [0.25, 0.3) is 0 Å². The lowest BCUT2D eigenvalue weighted by Crippen LogP contribution is -1.92. The van der Waals surface area contributed by atoms with E-state index in [4.69, 9.17) is 0 Å². The minimum Gasteiger partial charge on any atom is -0.240 e. The summed E-state index contributed by atoms with van der Waals surface area (Å²) in [4.78, 5) is 0. The molecule has 0 aliphatic heterocycles. The maximum atomic E-state index is 4.41. The number of rotatable bonds is 2. The Morgan fingerprint density at radius 1 is 0.889 bits per heavy atom. The van der Waals surface area contributed by atoms with Gasteiger partial charge in [-0.15, -0.1) is 0 Å². The van der Waals surface area contributed by atoms with Gasteiger partial charge in [0.2, 0.25) is 0 Å². The molecular formula is C16H14N2. The second-order valence-corrected chi connectivity index (χ2v) is 4.38. The molecule has 1 aromatic heterocycles. The molecular weight excluding hydrogens is 220 g/mol. The van der Waals surface area contributed by atoms with Crippen LogP contribution in [0.3, 0.4) is 0 Å². The van der Waals surface area contributed by atoms with Gasteiger partial charge >= 0.3 is 0 Å². The fourth-order valence-corrected chi connectivity index (χ4v) is 2.02. The fourth-order valence-electron chi connectivity index (χ4n) is 2.02. The van der Waals surface area contributed by atoms with Gasteiger partial charge in [0.1, 0.15) is 0 Å². The molecule has 0 saturated heterocycles. The van der Waals surface area contributed by atoms with E-state index < -0.39 is 0 Å². The van der Waals surface area contributed by atoms with Crippen molar-refractivity contribution in [2.45, 2.75) is 6.92 Å². The summed E-state index contributed by atoms with van der Waals surface area (Å²) < 4.78 is 1.90. The third-order valence-electron chi connectivity index (χ3n) is 2.95. The van der Waals surface area contributed by atoms with Crippen LogP contribution < -0.4 is 0 Å². The molecule has 0 aliphatic carbocycles. The van der Waals surface area contributed by atoms with Gasteiger partial charge < -0.3 is 0 Å². The third kappa shape index (κ3) is 2.05. The molecule has 18 heavy (non-hydrogen) atoms. The molecule has 0 bridgehead atoms. The monoisotopic (exact) mass is 234 g/mol. The molecule has 0 radical (unpaired) electrons. The highest BCUT2D eigenvalue weighted by molar-refractivity contribution is 5.63. The van der Waals surface area contributed by atoms with Crippen molar-refractivity contribution in [3.63, 3.8) is 0 Å². The standard InChI is InChI=1S/C16H14N2/c1-13-6-5-7-14(10-13)15-11-17-18(12-15)16-8-3-2-4-9-16/h2-12H,1H3. The first-order valence-corrected chi connectivity index (χ1v) is 6.00. The molecule has 0 saturated carbocycles. The Balaban J connectivity index is 2.00. The van der Waals surface area contributed by atoms with E-state index in [0.29, 0.717) is 0 Å². The molecule has 0 aliphatic rings. The number of hydrogen-bond donors (Lipinski definition) is 0. The van der Waals surface area contributed by atoms with Crippen molar-refractivity contribution in [2.24, 2.45) is 0 Å². The summed E-state index contributed by atoms with van der Waals surface area (Å²) in [5.74, 6) is 0. The van der Waals surface area contributed by atoms with E-state index in [1.54, 1.807) is 0 Å². The molecule has 0 unspecified atom stereocenters. The third-order valence-corrected chi connectivity index (χ3v) is 2.95. The molecule has 0 atom stereocenters. The lowest BCUT2D eigenvalue weighted by molar-refractivity contribution is 0.881. The van der Waals surface area contributed by atoms with Crippen LogP contribution in [-0.4, -0.2) is 9.78 Å². The highest BCUT2D eigenvalue weighted by Crippen LogP contribution is 2.20. The fraction of sp³-hybridized carbons (Fsp3) is 0.0625. The molecule has 88 valence electrons.